The van der Waals surface area contributed by atoms with Crippen LogP contribution in [-0.2, 0) is 21.2 Å². The summed E-state index contributed by atoms with van der Waals surface area (Å²) in [7, 11) is -3.52. The first-order valence-electron chi connectivity index (χ1n) is 10.6. The summed E-state index contributed by atoms with van der Waals surface area (Å²) in [5.74, 6) is 1.42. The number of hydrogen-bond acceptors (Lipinski definition) is 4. The lowest BCUT2D eigenvalue weighted by molar-refractivity contribution is -0.130. The fourth-order valence-electron chi connectivity index (χ4n) is 7.15. The Bertz CT molecular complexity index is 1000. The van der Waals surface area contributed by atoms with Crippen LogP contribution in [0.15, 0.2) is 18.2 Å². The van der Waals surface area contributed by atoms with Crippen LogP contribution in [0.4, 0.5) is 0 Å². The molecular formula is C22H27NO4S. The molecule has 28 heavy (non-hydrogen) atoms. The van der Waals surface area contributed by atoms with Crippen LogP contribution < -0.4 is 4.74 Å². The third-order valence-corrected chi connectivity index (χ3v) is 10.8. The highest BCUT2D eigenvalue weighted by Crippen LogP contribution is 2.70. The van der Waals surface area contributed by atoms with Crippen molar-refractivity contribution < 1.29 is 17.9 Å². The third kappa shape index (κ3) is 1.93. The Morgan fingerprint density at radius 3 is 2.86 bits per heavy atom. The molecular weight excluding hydrogens is 374 g/mol. The lowest BCUT2D eigenvalue weighted by Gasteiger charge is -2.37. The highest BCUT2D eigenvalue weighted by Gasteiger charge is 2.73. The van der Waals surface area contributed by atoms with Crippen LogP contribution in [0.3, 0.4) is 0 Å². The number of nitrogens with zero attached hydrogens (tertiary/aromatic N) is 1. The maximum atomic E-state index is 13.4. The molecule has 5 nitrogen and oxygen atoms in total. The monoisotopic (exact) mass is 401 g/mol. The normalized spacial score (nSPS) is 40.9. The van der Waals surface area contributed by atoms with E-state index in [0.29, 0.717) is 12.5 Å². The Balaban J connectivity index is 1.32. The molecule has 2 aliphatic heterocycles. The molecule has 1 amide bonds. The van der Waals surface area contributed by atoms with E-state index in [1.807, 2.05) is 12.1 Å². The Hall–Kier alpha value is -1.56. The van der Waals surface area contributed by atoms with Gasteiger partial charge in [0.15, 0.2) is 0 Å². The Morgan fingerprint density at radius 2 is 2.07 bits per heavy atom. The molecule has 5 aliphatic rings. The zero-order valence-electron chi connectivity index (χ0n) is 16.5. The van der Waals surface area contributed by atoms with Crippen LogP contribution in [0.5, 0.6) is 5.75 Å². The van der Waals surface area contributed by atoms with Gasteiger partial charge in [-0.2, -0.15) is 0 Å². The minimum atomic E-state index is -3.52. The molecule has 2 bridgehead atoms. The molecule has 4 unspecified atom stereocenters. The van der Waals surface area contributed by atoms with Gasteiger partial charge in [-0.3, -0.25) is 4.79 Å². The van der Waals surface area contributed by atoms with Gasteiger partial charge in [0, 0.05) is 23.3 Å². The fourth-order valence-corrected chi connectivity index (χ4v) is 9.73. The van der Waals surface area contributed by atoms with E-state index in [-0.39, 0.29) is 40.4 Å². The number of hydrogen-bond donors (Lipinski definition) is 0. The SMILES string of the molecule is CC1(C)C2CCC13CS(=O)(=O)N(C(=O)[C@@H]1CC1c1cccc4c1CCO4)C3C2. The summed E-state index contributed by atoms with van der Waals surface area (Å²) in [6, 6.07) is 5.94. The second-order valence-electron chi connectivity index (χ2n) is 10.1. The Morgan fingerprint density at radius 1 is 1.25 bits per heavy atom. The van der Waals surface area contributed by atoms with Crippen molar-refractivity contribution in [1.82, 2.24) is 4.31 Å². The number of amides is 1. The van der Waals surface area contributed by atoms with E-state index in [2.05, 4.69) is 19.9 Å². The predicted molar refractivity (Wildman–Crippen MR) is 104 cm³/mol. The average Bonchev–Trinajstić information content (AvgIpc) is 3.02. The van der Waals surface area contributed by atoms with Gasteiger partial charge in [-0.25, -0.2) is 12.7 Å². The lowest BCUT2D eigenvalue weighted by atomic mass is 9.69. The molecule has 150 valence electrons. The topological polar surface area (TPSA) is 63.7 Å². The smallest absolute Gasteiger partial charge is 0.240 e. The number of carbonyl (C=O) groups excluding carboxylic acids is 1. The summed E-state index contributed by atoms with van der Waals surface area (Å²) in [5.41, 5.74) is 2.16. The molecule has 0 radical (unpaired) electrons. The lowest BCUT2D eigenvalue weighted by Crippen LogP contribution is -2.44. The zero-order valence-corrected chi connectivity index (χ0v) is 17.3. The van der Waals surface area contributed by atoms with E-state index in [1.54, 1.807) is 0 Å². The summed E-state index contributed by atoms with van der Waals surface area (Å²) in [6.07, 6.45) is 4.53. The van der Waals surface area contributed by atoms with Crippen molar-refractivity contribution in [3.8, 4) is 5.75 Å². The molecule has 0 N–H and O–H groups in total. The van der Waals surface area contributed by atoms with Crippen LogP contribution in [0.2, 0.25) is 0 Å². The minimum absolute atomic E-state index is 0.000308. The van der Waals surface area contributed by atoms with Gasteiger partial charge < -0.3 is 4.74 Å². The maximum Gasteiger partial charge on any atom is 0.240 e. The molecule has 4 fully saturated rings. The summed E-state index contributed by atoms with van der Waals surface area (Å²) >= 11 is 0. The summed E-state index contributed by atoms with van der Waals surface area (Å²) in [4.78, 5) is 13.4. The van der Waals surface area contributed by atoms with Gasteiger partial charge in [0.1, 0.15) is 5.75 Å². The molecule has 1 spiro atoms. The van der Waals surface area contributed by atoms with Crippen molar-refractivity contribution in [2.24, 2.45) is 22.7 Å². The third-order valence-electron chi connectivity index (χ3n) is 8.91. The van der Waals surface area contributed by atoms with Crippen LogP contribution in [0.25, 0.3) is 0 Å². The number of benzene rings is 1. The van der Waals surface area contributed by atoms with E-state index >= 15 is 0 Å². The molecule has 5 atom stereocenters. The van der Waals surface area contributed by atoms with Crippen LogP contribution in [0.1, 0.15) is 56.6 Å². The Labute approximate surface area is 166 Å². The van der Waals surface area contributed by atoms with Gasteiger partial charge in [0.05, 0.1) is 18.4 Å². The van der Waals surface area contributed by atoms with Crippen molar-refractivity contribution >= 4 is 15.9 Å². The Kier molecular flexibility index (Phi) is 3.17. The van der Waals surface area contributed by atoms with Crippen LogP contribution in [0, 0.1) is 22.7 Å². The van der Waals surface area contributed by atoms with Crippen molar-refractivity contribution in [1.29, 1.82) is 0 Å². The van der Waals surface area contributed by atoms with Gasteiger partial charge in [-0.15, -0.1) is 0 Å². The summed E-state index contributed by atoms with van der Waals surface area (Å²) in [5, 5.41) is 0. The number of sulfonamides is 1. The predicted octanol–water partition coefficient (Wildman–Crippen LogP) is 3.09. The minimum Gasteiger partial charge on any atom is -0.493 e. The number of ether oxygens (including phenoxy) is 1. The molecule has 3 saturated carbocycles. The van der Waals surface area contributed by atoms with Gasteiger partial charge in [-0.05, 0) is 54.6 Å². The summed E-state index contributed by atoms with van der Waals surface area (Å²) < 4.78 is 33.3. The number of rotatable bonds is 2. The number of fused-ring (bicyclic) bond motifs is 2. The van der Waals surface area contributed by atoms with Crippen LogP contribution in [-0.4, -0.2) is 37.0 Å². The van der Waals surface area contributed by atoms with Crippen molar-refractivity contribution in [3.63, 3.8) is 0 Å². The zero-order chi connectivity index (χ0) is 19.5. The fraction of sp³-hybridized carbons (Fsp3) is 0.682. The van der Waals surface area contributed by atoms with Gasteiger partial charge in [0.2, 0.25) is 15.9 Å². The van der Waals surface area contributed by atoms with Gasteiger partial charge >= 0.3 is 0 Å². The molecule has 6 rings (SSSR count). The van der Waals surface area contributed by atoms with Crippen LogP contribution >= 0.6 is 0 Å². The quantitative estimate of drug-likeness (QED) is 0.764. The highest BCUT2D eigenvalue weighted by atomic mass is 32.2. The van der Waals surface area contributed by atoms with Gasteiger partial charge in [0.25, 0.3) is 0 Å². The molecule has 0 aromatic heterocycles. The van der Waals surface area contributed by atoms with Crippen molar-refractivity contribution in [3.05, 3.63) is 29.3 Å². The van der Waals surface area contributed by atoms with E-state index in [4.69, 9.17) is 4.74 Å². The second kappa shape index (κ2) is 5.13. The average molecular weight is 402 g/mol. The molecule has 6 heteroatoms. The molecule has 1 aromatic rings. The molecule has 1 aromatic carbocycles. The van der Waals surface area contributed by atoms with Crippen molar-refractivity contribution in [2.45, 2.75) is 57.9 Å². The number of carbonyl (C=O) groups is 1. The van der Waals surface area contributed by atoms with E-state index < -0.39 is 10.0 Å². The van der Waals surface area contributed by atoms with E-state index in [1.165, 1.54) is 15.4 Å². The first-order chi connectivity index (χ1) is 13.3. The standard InChI is InChI=1S/C22H27NO4S/c1-21(2)13-6-8-22(21)12-28(25,26)23(19(22)10-13)20(24)17-11-16(17)14-4-3-5-18-15(14)7-9-27-18/h3-5,13,16-17,19H,6-12H2,1-2H3/t13?,16?,17-,19?,22?/m1/s1. The largest absolute Gasteiger partial charge is 0.493 e. The second-order valence-corrected chi connectivity index (χ2v) is 12.0. The molecule has 2 heterocycles. The van der Waals surface area contributed by atoms with E-state index in [0.717, 1.165) is 37.9 Å². The van der Waals surface area contributed by atoms with Gasteiger partial charge in [-0.1, -0.05) is 26.0 Å². The molecule has 1 saturated heterocycles. The summed E-state index contributed by atoms with van der Waals surface area (Å²) in [6.45, 7) is 5.14. The maximum absolute atomic E-state index is 13.4. The first-order valence-corrected chi connectivity index (χ1v) is 12.2. The molecule has 3 aliphatic carbocycles. The van der Waals surface area contributed by atoms with Crippen molar-refractivity contribution in [2.75, 3.05) is 12.4 Å². The highest BCUT2D eigenvalue weighted by molar-refractivity contribution is 7.90. The first kappa shape index (κ1) is 17.3. The van der Waals surface area contributed by atoms with E-state index in [9.17, 15) is 13.2 Å².